The van der Waals surface area contributed by atoms with Crippen molar-refractivity contribution in [2.24, 2.45) is 11.8 Å². The van der Waals surface area contributed by atoms with Gasteiger partial charge in [0.05, 0.1) is 0 Å². The van der Waals surface area contributed by atoms with Crippen LogP contribution in [0.5, 0.6) is 0 Å². The third-order valence-corrected chi connectivity index (χ3v) is 3.27. The number of carboxylic acid groups (broad SMARTS) is 1. The molecule has 0 fully saturated rings. The molecule has 1 unspecified atom stereocenters. The molecular weight excluding hydrogens is 260 g/mol. The lowest BCUT2D eigenvalue weighted by molar-refractivity contribution is -0.137. The Labute approximate surface area is 118 Å². The minimum Gasteiger partial charge on any atom is -0.481 e. The molecule has 0 spiro atoms. The monoisotopic (exact) mass is 282 g/mol. The molecule has 112 valence electrons. The fourth-order valence-electron chi connectivity index (χ4n) is 2.01. The van der Waals surface area contributed by atoms with Crippen LogP contribution in [0.1, 0.15) is 49.6 Å². The summed E-state index contributed by atoms with van der Waals surface area (Å²) >= 11 is 0. The molecule has 7 heteroatoms. The molecule has 1 aromatic rings. The largest absolute Gasteiger partial charge is 0.481 e. The summed E-state index contributed by atoms with van der Waals surface area (Å²) in [6.07, 6.45) is 1.54. The molecule has 1 rings (SSSR count). The van der Waals surface area contributed by atoms with E-state index in [9.17, 15) is 9.59 Å². The fraction of sp³-hybridized carbons (Fsp3) is 0.692. The lowest BCUT2D eigenvalue weighted by Crippen LogP contribution is -2.28. The number of aliphatic carboxylic acids is 1. The van der Waals surface area contributed by atoms with Crippen LogP contribution in [0.25, 0.3) is 0 Å². The molecule has 0 radical (unpaired) electrons. The maximum atomic E-state index is 11.7. The highest BCUT2D eigenvalue weighted by atomic mass is 16.4. The van der Waals surface area contributed by atoms with Gasteiger partial charge in [-0.3, -0.25) is 14.7 Å². The van der Waals surface area contributed by atoms with E-state index in [1.165, 1.54) is 0 Å². The van der Waals surface area contributed by atoms with Crippen molar-refractivity contribution in [3.8, 4) is 0 Å². The summed E-state index contributed by atoms with van der Waals surface area (Å²) in [6, 6.07) is 0. The molecule has 0 aliphatic carbocycles. The number of amides is 1. The van der Waals surface area contributed by atoms with Crippen LogP contribution in [0.3, 0.4) is 0 Å². The Hall–Kier alpha value is -1.92. The first-order valence-electron chi connectivity index (χ1n) is 6.79. The van der Waals surface area contributed by atoms with E-state index >= 15 is 0 Å². The average Bonchev–Trinajstić information content (AvgIpc) is 2.79. The van der Waals surface area contributed by atoms with Gasteiger partial charge < -0.3 is 10.4 Å². The lowest BCUT2D eigenvalue weighted by Gasteiger charge is -2.19. The number of carboxylic acids is 1. The number of nitrogens with one attached hydrogen (secondary N) is 2. The van der Waals surface area contributed by atoms with E-state index in [2.05, 4.69) is 34.3 Å². The van der Waals surface area contributed by atoms with Gasteiger partial charge in [-0.15, -0.1) is 5.10 Å². The minimum absolute atomic E-state index is 0.133. The maximum Gasteiger partial charge on any atom is 0.303 e. The molecule has 1 amide bonds. The summed E-state index contributed by atoms with van der Waals surface area (Å²) in [5, 5.41) is 17.9. The van der Waals surface area contributed by atoms with Crippen molar-refractivity contribution in [3.63, 3.8) is 0 Å². The van der Waals surface area contributed by atoms with Crippen LogP contribution in [-0.4, -0.2) is 38.7 Å². The standard InChI is InChI=1S/C13H22N4O3/c1-8(2)10(4-5-11(18)19)6-7-14-13(20)12-15-9(3)16-17-12/h8,10H,4-7H2,1-3H3,(H,14,20)(H,18,19)(H,15,16,17). The summed E-state index contributed by atoms with van der Waals surface area (Å²) in [6.45, 7) is 6.35. The second kappa shape index (κ2) is 7.62. The number of aromatic nitrogens is 3. The molecule has 20 heavy (non-hydrogen) atoms. The molecule has 3 N–H and O–H groups in total. The summed E-state index contributed by atoms with van der Waals surface area (Å²) < 4.78 is 0. The van der Waals surface area contributed by atoms with Gasteiger partial charge in [0.2, 0.25) is 5.82 Å². The molecule has 1 atom stereocenters. The number of nitrogens with zero attached hydrogens (tertiary/aromatic N) is 2. The molecular formula is C13H22N4O3. The third kappa shape index (κ3) is 5.38. The predicted molar refractivity (Wildman–Crippen MR) is 73.3 cm³/mol. The number of aryl methyl sites for hydroxylation is 1. The second-order valence-electron chi connectivity index (χ2n) is 5.23. The first-order valence-corrected chi connectivity index (χ1v) is 6.79. The molecule has 7 nitrogen and oxygen atoms in total. The van der Waals surface area contributed by atoms with Crippen LogP contribution < -0.4 is 5.32 Å². The van der Waals surface area contributed by atoms with Gasteiger partial charge in [0.15, 0.2) is 0 Å². The van der Waals surface area contributed by atoms with Crippen molar-refractivity contribution in [2.45, 2.75) is 40.0 Å². The number of rotatable bonds is 8. The third-order valence-electron chi connectivity index (χ3n) is 3.27. The van der Waals surface area contributed by atoms with Gasteiger partial charge in [-0.2, -0.15) is 0 Å². The zero-order valence-corrected chi connectivity index (χ0v) is 12.1. The van der Waals surface area contributed by atoms with Gasteiger partial charge in [-0.1, -0.05) is 13.8 Å². The molecule has 1 heterocycles. The van der Waals surface area contributed by atoms with Gasteiger partial charge in [-0.25, -0.2) is 4.98 Å². The number of carbonyl (C=O) groups excluding carboxylic acids is 1. The van der Waals surface area contributed by atoms with Crippen LogP contribution in [-0.2, 0) is 4.79 Å². The Morgan fingerprint density at radius 1 is 1.35 bits per heavy atom. The van der Waals surface area contributed by atoms with E-state index in [1.54, 1.807) is 6.92 Å². The van der Waals surface area contributed by atoms with Crippen molar-refractivity contribution in [1.82, 2.24) is 20.5 Å². The van der Waals surface area contributed by atoms with E-state index in [4.69, 9.17) is 5.11 Å². The van der Waals surface area contributed by atoms with E-state index in [0.717, 1.165) is 6.42 Å². The molecule has 0 aromatic carbocycles. The Bertz CT molecular complexity index is 456. The Morgan fingerprint density at radius 3 is 2.55 bits per heavy atom. The van der Waals surface area contributed by atoms with E-state index < -0.39 is 5.97 Å². The van der Waals surface area contributed by atoms with E-state index in [0.29, 0.717) is 24.7 Å². The minimum atomic E-state index is -0.782. The number of aromatic amines is 1. The van der Waals surface area contributed by atoms with Gasteiger partial charge >= 0.3 is 5.97 Å². The maximum absolute atomic E-state index is 11.7. The SMILES string of the molecule is Cc1nc(C(=O)NCCC(CCC(=O)O)C(C)C)n[nH]1. The highest BCUT2D eigenvalue weighted by molar-refractivity contribution is 5.90. The topological polar surface area (TPSA) is 108 Å². The van der Waals surface area contributed by atoms with Crippen LogP contribution in [0.2, 0.25) is 0 Å². The Morgan fingerprint density at radius 2 is 2.05 bits per heavy atom. The van der Waals surface area contributed by atoms with Gasteiger partial charge in [0.25, 0.3) is 5.91 Å². The second-order valence-corrected chi connectivity index (χ2v) is 5.23. The Balaban J connectivity index is 2.36. The summed E-state index contributed by atoms with van der Waals surface area (Å²) in [7, 11) is 0. The van der Waals surface area contributed by atoms with Crippen LogP contribution in [0.4, 0.5) is 0 Å². The quantitative estimate of drug-likeness (QED) is 0.667. The first kappa shape index (κ1) is 16.1. The highest BCUT2D eigenvalue weighted by Crippen LogP contribution is 2.20. The van der Waals surface area contributed by atoms with Crippen molar-refractivity contribution >= 4 is 11.9 Å². The molecule has 0 aliphatic rings. The molecule has 0 saturated carbocycles. The number of hydrogen-bond acceptors (Lipinski definition) is 4. The summed E-state index contributed by atoms with van der Waals surface area (Å²) in [5.41, 5.74) is 0. The van der Waals surface area contributed by atoms with Crippen molar-refractivity contribution in [2.75, 3.05) is 6.54 Å². The van der Waals surface area contributed by atoms with Gasteiger partial charge in [0, 0.05) is 13.0 Å². The zero-order valence-electron chi connectivity index (χ0n) is 12.1. The van der Waals surface area contributed by atoms with E-state index in [1.807, 2.05) is 0 Å². The fourth-order valence-corrected chi connectivity index (χ4v) is 2.01. The van der Waals surface area contributed by atoms with Gasteiger partial charge in [0.1, 0.15) is 5.82 Å². The van der Waals surface area contributed by atoms with Crippen molar-refractivity contribution in [3.05, 3.63) is 11.6 Å². The van der Waals surface area contributed by atoms with Crippen molar-refractivity contribution < 1.29 is 14.7 Å². The number of H-pyrrole nitrogens is 1. The normalized spacial score (nSPS) is 12.4. The number of carbonyl (C=O) groups is 2. The summed E-state index contributed by atoms with van der Waals surface area (Å²) in [5.74, 6) is 0.300. The van der Waals surface area contributed by atoms with Crippen LogP contribution >= 0.6 is 0 Å². The average molecular weight is 282 g/mol. The lowest BCUT2D eigenvalue weighted by atomic mass is 9.88. The van der Waals surface area contributed by atoms with Gasteiger partial charge in [-0.05, 0) is 31.6 Å². The van der Waals surface area contributed by atoms with Crippen molar-refractivity contribution in [1.29, 1.82) is 0 Å². The van der Waals surface area contributed by atoms with Crippen LogP contribution in [0, 0.1) is 18.8 Å². The van der Waals surface area contributed by atoms with E-state index in [-0.39, 0.29) is 24.1 Å². The summed E-state index contributed by atoms with van der Waals surface area (Å²) in [4.78, 5) is 26.3. The molecule has 0 bridgehead atoms. The zero-order chi connectivity index (χ0) is 15.1. The smallest absolute Gasteiger partial charge is 0.303 e. The molecule has 0 aliphatic heterocycles. The van der Waals surface area contributed by atoms with Crippen LogP contribution in [0.15, 0.2) is 0 Å². The molecule has 0 saturated heterocycles. The Kier molecular flexibility index (Phi) is 6.14. The number of hydrogen-bond donors (Lipinski definition) is 3. The predicted octanol–water partition coefficient (Wildman–Crippen LogP) is 1.37. The first-order chi connectivity index (χ1) is 9.40. The molecule has 1 aromatic heterocycles. The highest BCUT2D eigenvalue weighted by Gasteiger charge is 2.16.